The lowest BCUT2D eigenvalue weighted by Gasteiger charge is -2.29. The van der Waals surface area contributed by atoms with E-state index in [1.165, 1.54) is 24.3 Å². The third-order valence-electron chi connectivity index (χ3n) is 4.25. The van der Waals surface area contributed by atoms with Gasteiger partial charge in [-0.25, -0.2) is 9.82 Å². The number of benzene rings is 2. The Morgan fingerprint density at radius 3 is 2.70 bits per heavy atom. The van der Waals surface area contributed by atoms with Crippen LogP contribution in [-0.4, -0.2) is 43.0 Å². The molecule has 0 aromatic heterocycles. The van der Waals surface area contributed by atoms with Crippen molar-refractivity contribution in [2.24, 2.45) is 5.10 Å². The van der Waals surface area contributed by atoms with Crippen molar-refractivity contribution in [3.63, 3.8) is 0 Å². The molecule has 2 N–H and O–H groups in total. The topological polar surface area (TPSA) is 74.2 Å². The highest BCUT2D eigenvalue weighted by Gasteiger charge is 2.16. The van der Waals surface area contributed by atoms with E-state index in [1.807, 2.05) is 4.90 Å². The number of hydrogen-bond acceptors (Lipinski definition) is 5. The van der Waals surface area contributed by atoms with Crippen LogP contribution in [0.1, 0.15) is 22.8 Å². The Balaban J connectivity index is 1.73. The highest BCUT2D eigenvalue weighted by Crippen LogP contribution is 2.23. The molecule has 3 rings (SSSR count). The maximum atomic E-state index is 14.5. The molecular weight excluding hydrogens is 373 g/mol. The van der Waals surface area contributed by atoms with Crippen LogP contribution < -0.4 is 10.3 Å². The van der Waals surface area contributed by atoms with Crippen LogP contribution in [0.2, 0.25) is 5.02 Å². The molecule has 1 aliphatic rings. The van der Waals surface area contributed by atoms with E-state index in [-0.39, 0.29) is 17.1 Å². The first-order chi connectivity index (χ1) is 13.0. The number of hydrogen-bond donors (Lipinski definition) is 2. The van der Waals surface area contributed by atoms with Crippen molar-refractivity contribution >= 4 is 28.9 Å². The van der Waals surface area contributed by atoms with Gasteiger partial charge in [-0.2, -0.15) is 5.10 Å². The van der Waals surface area contributed by atoms with E-state index in [2.05, 4.69) is 10.5 Å². The van der Waals surface area contributed by atoms with E-state index in [0.29, 0.717) is 48.3 Å². The Kier molecular flexibility index (Phi) is 5.93. The second-order valence-electron chi connectivity index (χ2n) is 6.07. The number of hydrazone groups is 1. The molecule has 1 saturated heterocycles. The van der Waals surface area contributed by atoms with Gasteiger partial charge >= 0.3 is 0 Å². The second-order valence-corrected chi connectivity index (χ2v) is 6.50. The molecule has 0 atom stereocenters. The maximum Gasteiger partial charge on any atom is 0.275 e. The fraction of sp³-hybridized carbons (Fsp3) is 0.263. The molecule has 1 fully saturated rings. The first-order valence-electron chi connectivity index (χ1n) is 8.41. The lowest BCUT2D eigenvalue weighted by Crippen LogP contribution is -2.36. The molecule has 0 saturated carbocycles. The summed E-state index contributed by atoms with van der Waals surface area (Å²) < 4.78 is 19.8. The smallest absolute Gasteiger partial charge is 0.275 e. The molecule has 0 spiro atoms. The summed E-state index contributed by atoms with van der Waals surface area (Å²) in [6, 6.07) is 8.96. The lowest BCUT2D eigenvalue weighted by molar-refractivity contribution is 0.0952. The Bertz CT molecular complexity index is 882. The normalized spacial score (nSPS) is 14.9. The summed E-state index contributed by atoms with van der Waals surface area (Å²) in [6.07, 6.45) is 0. The van der Waals surface area contributed by atoms with Gasteiger partial charge in [0.15, 0.2) is 0 Å². The highest BCUT2D eigenvalue weighted by molar-refractivity contribution is 6.31. The van der Waals surface area contributed by atoms with E-state index < -0.39 is 5.91 Å². The summed E-state index contributed by atoms with van der Waals surface area (Å²) in [4.78, 5) is 14.1. The molecule has 0 bridgehead atoms. The third kappa shape index (κ3) is 4.56. The van der Waals surface area contributed by atoms with E-state index in [4.69, 9.17) is 16.3 Å². The number of carbonyl (C=O) groups is 1. The number of anilines is 1. The van der Waals surface area contributed by atoms with E-state index >= 15 is 0 Å². The van der Waals surface area contributed by atoms with Gasteiger partial charge in [-0.15, -0.1) is 0 Å². The van der Waals surface area contributed by atoms with Gasteiger partial charge in [0.05, 0.1) is 30.2 Å². The van der Waals surface area contributed by atoms with Crippen molar-refractivity contribution in [1.82, 2.24) is 5.43 Å². The van der Waals surface area contributed by atoms with Crippen molar-refractivity contribution in [2.45, 2.75) is 6.92 Å². The van der Waals surface area contributed by atoms with Crippen LogP contribution >= 0.6 is 11.6 Å². The van der Waals surface area contributed by atoms with Gasteiger partial charge in [0.1, 0.15) is 11.6 Å². The van der Waals surface area contributed by atoms with Crippen LogP contribution in [0.15, 0.2) is 41.5 Å². The Morgan fingerprint density at radius 2 is 2.00 bits per heavy atom. The number of phenols is 1. The minimum atomic E-state index is -0.611. The number of rotatable bonds is 4. The molecule has 0 aliphatic carbocycles. The van der Waals surface area contributed by atoms with Crippen molar-refractivity contribution in [3.8, 4) is 5.75 Å². The molecule has 27 heavy (non-hydrogen) atoms. The van der Waals surface area contributed by atoms with Crippen LogP contribution in [0.5, 0.6) is 5.75 Å². The molecule has 6 nitrogen and oxygen atoms in total. The number of carbonyl (C=O) groups excluding carboxylic acids is 1. The maximum absolute atomic E-state index is 14.5. The minimum Gasteiger partial charge on any atom is -0.507 e. The average molecular weight is 392 g/mol. The number of ether oxygens (including phenoxy) is 1. The van der Waals surface area contributed by atoms with Crippen molar-refractivity contribution in [1.29, 1.82) is 0 Å². The van der Waals surface area contributed by atoms with Gasteiger partial charge in [0.2, 0.25) is 0 Å². The minimum absolute atomic E-state index is 0.00731. The van der Waals surface area contributed by atoms with Crippen molar-refractivity contribution in [3.05, 3.63) is 58.4 Å². The predicted octanol–water partition coefficient (Wildman–Crippen LogP) is 3.18. The van der Waals surface area contributed by atoms with Gasteiger partial charge in [0.25, 0.3) is 5.91 Å². The van der Waals surface area contributed by atoms with Crippen LogP contribution in [0.3, 0.4) is 0 Å². The van der Waals surface area contributed by atoms with Crippen molar-refractivity contribution < 1.29 is 19.0 Å². The highest BCUT2D eigenvalue weighted by atomic mass is 35.5. The van der Waals surface area contributed by atoms with Crippen LogP contribution in [0.4, 0.5) is 10.1 Å². The molecule has 142 valence electrons. The summed E-state index contributed by atoms with van der Waals surface area (Å²) in [6.45, 7) is 4.08. The summed E-state index contributed by atoms with van der Waals surface area (Å²) in [5, 5.41) is 14.1. The number of nitrogens with one attached hydrogen (secondary N) is 1. The standard InChI is InChI=1S/C19H19ClFN3O3/c1-12(22-23-19(26)15-11-14(20)3-5-18(15)25)13-2-4-17(16(21)10-13)24-6-8-27-9-7-24/h2-5,10-11,25H,6-9H2,1H3,(H,23,26)/b22-12-. The van der Waals surface area contributed by atoms with Crippen molar-refractivity contribution in [2.75, 3.05) is 31.2 Å². The van der Waals surface area contributed by atoms with E-state index in [9.17, 15) is 14.3 Å². The first-order valence-corrected chi connectivity index (χ1v) is 8.79. The number of phenolic OH excluding ortho intramolecular Hbond substituents is 1. The molecule has 8 heteroatoms. The summed E-state index contributed by atoms with van der Waals surface area (Å²) in [5.41, 5.74) is 3.84. The van der Waals surface area contributed by atoms with E-state index in [0.717, 1.165) is 0 Å². The van der Waals surface area contributed by atoms with Gasteiger partial charge in [-0.05, 0) is 37.3 Å². The van der Waals surface area contributed by atoms with Crippen LogP contribution in [0.25, 0.3) is 0 Å². The monoisotopic (exact) mass is 391 g/mol. The first kappa shape index (κ1) is 19.1. The number of nitrogens with zero attached hydrogens (tertiary/aromatic N) is 2. The fourth-order valence-electron chi connectivity index (χ4n) is 2.74. The predicted molar refractivity (Wildman–Crippen MR) is 102 cm³/mol. The zero-order valence-corrected chi connectivity index (χ0v) is 15.5. The van der Waals surface area contributed by atoms with Gasteiger partial charge < -0.3 is 14.7 Å². The van der Waals surface area contributed by atoms with Gasteiger partial charge in [-0.3, -0.25) is 4.79 Å². The molecule has 2 aromatic carbocycles. The summed E-state index contributed by atoms with van der Waals surface area (Å²) in [7, 11) is 0. The molecule has 1 aliphatic heterocycles. The van der Waals surface area contributed by atoms with Gasteiger partial charge in [0, 0.05) is 23.7 Å². The molecule has 1 amide bonds. The Labute approximate surface area is 161 Å². The van der Waals surface area contributed by atoms with Gasteiger partial charge in [-0.1, -0.05) is 17.7 Å². The fourth-order valence-corrected chi connectivity index (χ4v) is 2.91. The quantitative estimate of drug-likeness (QED) is 0.620. The van der Waals surface area contributed by atoms with Crippen LogP contribution in [-0.2, 0) is 4.74 Å². The zero-order chi connectivity index (χ0) is 19.4. The second kappa shape index (κ2) is 8.37. The molecule has 1 heterocycles. The average Bonchev–Trinajstić information content (AvgIpc) is 2.68. The molecular formula is C19H19ClFN3O3. The number of aromatic hydroxyl groups is 1. The Hall–Kier alpha value is -2.64. The number of morpholine rings is 1. The molecule has 2 aromatic rings. The molecule has 0 radical (unpaired) electrons. The SMILES string of the molecule is C/C(=N/NC(=O)c1cc(Cl)ccc1O)c1ccc(N2CCOCC2)c(F)c1. The number of amides is 1. The summed E-state index contributed by atoms with van der Waals surface area (Å²) >= 11 is 5.84. The van der Waals surface area contributed by atoms with Crippen LogP contribution in [0, 0.1) is 5.82 Å². The third-order valence-corrected chi connectivity index (χ3v) is 4.48. The largest absolute Gasteiger partial charge is 0.507 e. The lowest BCUT2D eigenvalue weighted by atomic mass is 10.1. The number of halogens is 2. The summed E-state index contributed by atoms with van der Waals surface area (Å²) in [5.74, 6) is -1.17. The van der Waals surface area contributed by atoms with E-state index in [1.54, 1.807) is 19.1 Å². The molecule has 0 unspecified atom stereocenters. The zero-order valence-electron chi connectivity index (χ0n) is 14.7. The Morgan fingerprint density at radius 1 is 1.26 bits per heavy atom.